The van der Waals surface area contributed by atoms with Gasteiger partial charge in [-0.1, -0.05) is 12.8 Å². The Morgan fingerprint density at radius 1 is 1.55 bits per heavy atom. The summed E-state index contributed by atoms with van der Waals surface area (Å²) in [5, 5.41) is 0. The van der Waals surface area contributed by atoms with Gasteiger partial charge in [-0.2, -0.15) is 0 Å². The van der Waals surface area contributed by atoms with Crippen LogP contribution in [0.15, 0.2) is 0 Å². The summed E-state index contributed by atoms with van der Waals surface area (Å²) in [5.74, 6) is 1.73. The predicted molar refractivity (Wildman–Crippen MR) is 41.5 cm³/mol. The van der Waals surface area contributed by atoms with Gasteiger partial charge in [0.1, 0.15) is 0 Å². The first-order valence-corrected chi connectivity index (χ1v) is 3.37. The van der Waals surface area contributed by atoms with E-state index in [0.717, 1.165) is 4.90 Å². The third-order valence-electron chi connectivity index (χ3n) is 1.23. The van der Waals surface area contributed by atoms with E-state index < -0.39 is 0 Å². The van der Waals surface area contributed by atoms with Crippen LogP contribution in [0.25, 0.3) is 0 Å². The van der Waals surface area contributed by atoms with E-state index in [0.29, 0.717) is 6.42 Å². The average molecular weight is 153 g/mol. The van der Waals surface area contributed by atoms with Crippen LogP contribution >= 0.6 is 0 Å². The lowest BCUT2D eigenvalue weighted by molar-refractivity contribution is -0.142. The summed E-state index contributed by atoms with van der Waals surface area (Å²) in [6.07, 6.45) is 5.27. The Kier molecular flexibility index (Phi) is 3.97. The van der Waals surface area contributed by atoms with Crippen molar-refractivity contribution in [3.63, 3.8) is 0 Å². The fraction of sp³-hybridized carbons (Fsp3) is 0.500. The van der Waals surface area contributed by atoms with Crippen molar-refractivity contribution >= 4 is 11.8 Å². The number of nitrogens with zero attached hydrogens (tertiary/aromatic N) is 1. The van der Waals surface area contributed by atoms with Gasteiger partial charge in [0, 0.05) is 13.3 Å². The number of hydrogen-bond donors (Lipinski definition) is 0. The van der Waals surface area contributed by atoms with Crippen molar-refractivity contribution in [1.29, 1.82) is 0 Å². The summed E-state index contributed by atoms with van der Waals surface area (Å²) in [6.45, 7) is 3.09. The molecule has 0 aliphatic heterocycles. The zero-order valence-electron chi connectivity index (χ0n) is 6.76. The van der Waals surface area contributed by atoms with Crippen molar-refractivity contribution in [3.8, 4) is 12.3 Å². The molecule has 0 atom stereocenters. The van der Waals surface area contributed by atoms with Crippen LogP contribution in [-0.4, -0.2) is 23.3 Å². The van der Waals surface area contributed by atoms with Gasteiger partial charge in [-0.15, -0.1) is 6.42 Å². The van der Waals surface area contributed by atoms with Crippen LogP contribution in [0.1, 0.15) is 20.3 Å². The van der Waals surface area contributed by atoms with E-state index in [-0.39, 0.29) is 18.4 Å². The van der Waals surface area contributed by atoms with E-state index in [1.807, 2.05) is 0 Å². The summed E-state index contributed by atoms with van der Waals surface area (Å²) >= 11 is 0. The lowest BCUT2D eigenvalue weighted by Crippen LogP contribution is -2.34. The topological polar surface area (TPSA) is 37.4 Å². The molecule has 0 spiro atoms. The Morgan fingerprint density at radius 2 is 2.09 bits per heavy atom. The fourth-order valence-corrected chi connectivity index (χ4v) is 0.657. The first-order valence-electron chi connectivity index (χ1n) is 3.37. The molecule has 0 aromatic rings. The molecule has 0 unspecified atom stereocenters. The number of amides is 2. The van der Waals surface area contributed by atoms with Crippen LogP contribution in [0.2, 0.25) is 0 Å². The van der Waals surface area contributed by atoms with Crippen molar-refractivity contribution in [1.82, 2.24) is 4.90 Å². The van der Waals surface area contributed by atoms with Crippen LogP contribution in [0.5, 0.6) is 0 Å². The Bertz CT molecular complexity index is 203. The molecule has 0 saturated heterocycles. The number of imide groups is 1. The van der Waals surface area contributed by atoms with E-state index in [9.17, 15) is 9.59 Å². The molecule has 3 heteroatoms. The minimum absolute atomic E-state index is 0.0714. The van der Waals surface area contributed by atoms with Gasteiger partial charge < -0.3 is 0 Å². The Hall–Kier alpha value is -1.30. The molecule has 0 saturated carbocycles. The van der Waals surface area contributed by atoms with Crippen LogP contribution in [0, 0.1) is 12.3 Å². The van der Waals surface area contributed by atoms with Crippen molar-refractivity contribution in [2.45, 2.75) is 20.3 Å². The molecule has 60 valence electrons. The third-order valence-corrected chi connectivity index (χ3v) is 1.23. The summed E-state index contributed by atoms with van der Waals surface area (Å²) in [6, 6.07) is 0. The monoisotopic (exact) mass is 153 g/mol. The second-order valence-electron chi connectivity index (χ2n) is 2.06. The van der Waals surface area contributed by atoms with E-state index in [4.69, 9.17) is 6.42 Å². The Morgan fingerprint density at radius 3 is 2.36 bits per heavy atom. The highest BCUT2D eigenvalue weighted by atomic mass is 16.2. The van der Waals surface area contributed by atoms with Crippen molar-refractivity contribution < 1.29 is 9.59 Å². The lowest BCUT2D eigenvalue weighted by atomic mass is 10.4. The second kappa shape index (κ2) is 4.51. The van der Waals surface area contributed by atoms with Crippen molar-refractivity contribution in [2.75, 3.05) is 6.54 Å². The van der Waals surface area contributed by atoms with Crippen molar-refractivity contribution in [2.24, 2.45) is 0 Å². The fourth-order valence-electron chi connectivity index (χ4n) is 0.657. The smallest absolute Gasteiger partial charge is 0.229 e. The molecule has 0 N–H and O–H groups in total. The molecule has 11 heavy (non-hydrogen) atoms. The molecule has 3 nitrogen and oxygen atoms in total. The molecule has 2 amide bonds. The average Bonchev–Trinajstić information content (AvgIpc) is 1.98. The lowest BCUT2D eigenvalue weighted by Gasteiger charge is -2.14. The number of rotatable bonds is 2. The maximum atomic E-state index is 11.0. The number of terminal acetylenes is 1. The second-order valence-corrected chi connectivity index (χ2v) is 2.06. The summed E-state index contributed by atoms with van der Waals surface area (Å²) < 4.78 is 0. The van der Waals surface area contributed by atoms with Crippen LogP contribution in [0.4, 0.5) is 0 Å². The minimum atomic E-state index is -0.296. The first-order chi connectivity index (χ1) is 5.13. The number of carbonyl (C=O) groups excluding carboxylic acids is 2. The maximum absolute atomic E-state index is 11.0. The van der Waals surface area contributed by atoms with E-state index in [2.05, 4.69) is 5.92 Å². The van der Waals surface area contributed by atoms with Gasteiger partial charge in [0.15, 0.2) is 0 Å². The van der Waals surface area contributed by atoms with Gasteiger partial charge >= 0.3 is 0 Å². The summed E-state index contributed by atoms with van der Waals surface area (Å²) in [7, 11) is 0. The van der Waals surface area contributed by atoms with Crippen LogP contribution in [-0.2, 0) is 9.59 Å². The molecule has 0 bridgehead atoms. The molecular formula is C8H11NO2. The van der Waals surface area contributed by atoms with Gasteiger partial charge in [-0.25, -0.2) is 0 Å². The highest BCUT2D eigenvalue weighted by molar-refractivity contribution is 5.94. The summed E-state index contributed by atoms with van der Waals surface area (Å²) in [4.78, 5) is 22.8. The van der Waals surface area contributed by atoms with Gasteiger partial charge in [0.25, 0.3) is 0 Å². The number of hydrogen-bond acceptors (Lipinski definition) is 2. The molecule has 0 rings (SSSR count). The molecule has 0 aliphatic carbocycles. The largest absolute Gasteiger partial charge is 0.275 e. The first kappa shape index (κ1) is 9.70. The predicted octanol–water partition coefficient (Wildman–Crippen LogP) is 0.405. The van der Waals surface area contributed by atoms with E-state index in [1.54, 1.807) is 6.92 Å². The normalized spacial score (nSPS) is 8.45. The zero-order chi connectivity index (χ0) is 8.85. The third kappa shape index (κ3) is 2.85. The molecule has 0 aromatic carbocycles. The van der Waals surface area contributed by atoms with Crippen LogP contribution in [0.3, 0.4) is 0 Å². The SMILES string of the molecule is C#CCN(C(C)=O)C(=O)CC. The standard InChI is InChI=1S/C8H11NO2/c1-4-6-9(7(3)10)8(11)5-2/h1H,5-6H2,2-3H3. The molecule has 0 radical (unpaired) electrons. The number of carbonyl (C=O) groups is 2. The van der Waals surface area contributed by atoms with E-state index >= 15 is 0 Å². The zero-order valence-corrected chi connectivity index (χ0v) is 6.76. The van der Waals surface area contributed by atoms with Gasteiger partial charge in [0.05, 0.1) is 6.54 Å². The molecule has 0 aliphatic rings. The molecular weight excluding hydrogens is 142 g/mol. The van der Waals surface area contributed by atoms with Gasteiger partial charge in [-0.05, 0) is 0 Å². The van der Waals surface area contributed by atoms with Gasteiger partial charge in [0.2, 0.25) is 11.8 Å². The maximum Gasteiger partial charge on any atom is 0.229 e. The highest BCUT2D eigenvalue weighted by Crippen LogP contribution is 1.93. The highest BCUT2D eigenvalue weighted by Gasteiger charge is 2.13. The van der Waals surface area contributed by atoms with Crippen molar-refractivity contribution in [3.05, 3.63) is 0 Å². The Labute approximate surface area is 66.4 Å². The molecule has 0 fully saturated rings. The van der Waals surface area contributed by atoms with E-state index in [1.165, 1.54) is 6.92 Å². The molecule has 0 heterocycles. The quantitative estimate of drug-likeness (QED) is 0.539. The van der Waals surface area contributed by atoms with Crippen LogP contribution < -0.4 is 0 Å². The minimum Gasteiger partial charge on any atom is -0.275 e. The Balaban J connectivity index is 4.24. The summed E-state index contributed by atoms with van der Waals surface area (Å²) in [5.41, 5.74) is 0. The van der Waals surface area contributed by atoms with Gasteiger partial charge in [-0.3, -0.25) is 14.5 Å². The molecule has 0 aromatic heterocycles.